The van der Waals surface area contributed by atoms with Gasteiger partial charge in [-0.2, -0.15) is 0 Å². The fourth-order valence-electron chi connectivity index (χ4n) is 6.47. The van der Waals surface area contributed by atoms with E-state index in [1.165, 1.54) is 69.5 Å². The van der Waals surface area contributed by atoms with E-state index in [2.05, 4.69) is 138 Å². The van der Waals surface area contributed by atoms with Crippen molar-refractivity contribution in [3.8, 4) is 22.3 Å². The van der Waals surface area contributed by atoms with Gasteiger partial charge in [0.2, 0.25) is 0 Å². The normalized spacial score (nSPS) is 12.0. The van der Waals surface area contributed by atoms with Crippen LogP contribution in [0.5, 0.6) is 0 Å². The van der Waals surface area contributed by atoms with Crippen LogP contribution in [0.3, 0.4) is 0 Å². The molecule has 0 bridgehead atoms. The van der Waals surface area contributed by atoms with Gasteiger partial charge < -0.3 is 0 Å². The van der Waals surface area contributed by atoms with E-state index in [0.717, 1.165) is 11.2 Å². The minimum absolute atomic E-state index is 0.983. The highest BCUT2D eigenvalue weighted by Crippen LogP contribution is 2.45. The third kappa shape index (κ3) is 3.01. The Morgan fingerprint density at radius 2 is 1.10 bits per heavy atom. The molecule has 0 aliphatic carbocycles. The molecular weight excluding hydrogens is 504 g/mol. The first kappa shape index (κ1) is 21.9. The zero-order valence-corrected chi connectivity index (χ0v) is 22.3. The molecule has 9 aromatic rings. The minimum Gasteiger partial charge on any atom is -0.290 e. The summed E-state index contributed by atoms with van der Waals surface area (Å²) < 4.78 is 3.55. The van der Waals surface area contributed by atoms with Crippen LogP contribution in [-0.2, 0) is 0 Å². The molecule has 0 aliphatic rings. The molecule has 2 nitrogen and oxygen atoms in total. The van der Waals surface area contributed by atoms with E-state index in [1.807, 2.05) is 11.3 Å². The van der Waals surface area contributed by atoms with Crippen LogP contribution in [0.1, 0.15) is 0 Å². The second-order valence-corrected chi connectivity index (χ2v) is 11.4. The molecule has 3 heteroatoms. The van der Waals surface area contributed by atoms with Gasteiger partial charge in [-0.25, -0.2) is 4.98 Å². The minimum atomic E-state index is 0.983. The number of aromatic nitrogens is 2. The van der Waals surface area contributed by atoms with E-state index >= 15 is 0 Å². The summed E-state index contributed by atoms with van der Waals surface area (Å²) in [6.45, 7) is 0. The lowest BCUT2D eigenvalue weighted by Crippen LogP contribution is -1.93. The SMILES string of the molecule is c1ccc2c(-c3c4ccccc4c(-c4ccc5nc6c7ccccc7sc6n5c4)c4ccccc34)cccc2c1. The molecular formula is C37H22N2S. The topological polar surface area (TPSA) is 17.3 Å². The Kier molecular flexibility index (Phi) is 4.52. The van der Waals surface area contributed by atoms with E-state index in [4.69, 9.17) is 4.98 Å². The Hall–Kier alpha value is -4.99. The number of hydrogen-bond acceptors (Lipinski definition) is 2. The summed E-state index contributed by atoms with van der Waals surface area (Å²) in [4.78, 5) is 6.21. The second-order valence-electron chi connectivity index (χ2n) is 10.4. The predicted octanol–water partition coefficient (Wildman–Crippen LogP) is 10.5. The first-order chi connectivity index (χ1) is 19.8. The lowest BCUT2D eigenvalue weighted by atomic mass is 9.85. The lowest BCUT2D eigenvalue weighted by molar-refractivity contribution is 1.24. The van der Waals surface area contributed by atoms with Crippen molar-refractivity contribution < 1.29 is 0 Å². The summed E-state index contributed by atoms with van der Waals surface area (Å²) in [6, 6.07) is 46.1. The highest BCUT2D eigenvalue weighted by atomic mass is 32.1. The summed E-state index contributed by atoms with van der Waals surface area (Å²) >= 11 is 1.81. The van der Waals surface area contributed by atoms with Gasteiger partial charge in [0.25, 0.3) is 0 Å². The molecule has 0 N–H and O–H groups in total. The van der Waals surface area contributed by atoms with Gasteiger partial charge in [-0.1, -0.05) is 109 Å². The van der Waals surface area contributed by atoms with E-state index < -0.39 is 0 Å². The maximum atomic E-state index is 5.02. The van der Waals surface area contributed by atoms with Crippen LogP contribution < -0.4 is 0 Å². The number of benzene rings is 6. The first-order valence-corrected chi connectivity index (χ1v) is 14.4. The highest BCUT2D eigenvalue weighted by Gasteiger charge is 2.19. The van der Waals surface area contributed by atoms with Gasteiger partial charge in [-0.3, -0.25) is 4.40 Å². The quantitative estimate of drug-likeness (QED) is 0.205. The fourth-order valence-corrected chi connectivity index (χ4v) is 7.60. The van der Waals surface area contributed by atoms with Crippen molar-refractivity contribution in [3.05, 3.63) is 134 Å². The summed E-state index contributed by atoms with van der Waals surface area (Å²) in [6.07, 6.45) is 2.28. The molecule has 0 saturated carbocycles. The van der Waals surface area contributed by atoms with Gasteiger partial charge >= 0.3 is 0 Å². The fraction of sp³-hybridized carbons (Fsp3) is 0. The average Bonchev–Trinajstić information content (AvgIpc) is 3.55. The van der Waals surface area contributed by atoms with Crippen molar-refractivity contribution in [2.24, 2.45) is 0 Å². The number of pyridine rings is 1. The Morgan fingerprint density at radius 1 is 0.500 bits per heavy atom. The van der Waals surface area contributed by atoms with Crippen molar-refractivity contribution in [1.82, 2.24) is 9.38 Å². The second kappa shape index (κ2) is 8.25. The van der Waals surface area contributed by atoms with E-state index in [0.29, 0.717) is 0 Å². The Morgan fingerprint density at radius 3 is 1.85 bits per heavy atom. The molecule has 6 aromatic carbocycles. The first-order valence-electron chi connectivity index (χ1n) is 13.6. The van der Waals surface area contributed by atoms with Crippen LogP contribution in [0.15, 0.2) is 134 Å². The van der Waals surface area contributed by atoms with Gasteiger partial charge in [0, 0.05) is 16.3 Å². The number of rotatable bonds is 2. The van der Waals surface area contributed by atoms with Crippen molar-refractivity contribution in [3.63, 3.8) is 0 Å². The molecule has 0 radical (unpaired) electrons. The molecule has 0 amide bonds. The Balaban J connectivity index is 1.40. The lowest BCUT2D eigenvalue weighted by Gasteiger charge is -2.18. The van der Waals surface area contributed by atoms with Crippen molar-refractivity contribution in [2.75, 3.05) is 0 Å². The zero-order valence-electron chi connectivity index (χ0n) is 21.5. The number of fused-ring (bicyclic) bond motifs is 8. The van der Waals surface area contributed by atoms with Crippen LogP contribution in [-0.4, -0.2) is 9.38 Å². The van der Waals surface area contributed by atoms with Gasteiger partial charge in [0.05, 0.1) is 0 Å². The summed E-state index contributed by atoms with van der Waals surface area (Å²) in [5, 5.41) is 8.82. The van der Waals surface area contributed by atoms with Gasteiger partial charge in [0.1, 0.15) is 16.0 Å². The highest BCUT2D eigenvalue weighted by molar-refractivity contribution is 7.25. The molecule has 9 rings (SSSR count). The van der Waals surface area contributed by atoms with E-state index in [9.17, 15) is 0 Å². The summed E-state index contributed by atoms with van der Waals surface area (Å²) in [7, 11) is 0. The molecule has 3 aromatic heterocycles. The smallest absolute Gasteiger partial charge is 0.138 e. The molecule has 3 heterocycles. The van der Waals surface area contributed by atoms with E-state index in [1.54, 1.807) is 0 Å². The molecule has 186 valence electrons. The molecule has 0 aliphatic heterocycles. The molecule has 0 saturated heterocycles. The molecule has 0 fully saturated rings. The third-order valence-corrected chi connectivity index (χ3v) is 9.36. The predicted molar refractivity (Wildman–Crippen MR) is 171 cm³/mol. The van der Waals surface area contributed by atoms with E-state index in [-0.39, 0.29) is 0 Å². The largest absolute Gasteiger partial charge is 0.290 e. The zero-order chi connectivity index (χ0) is 26.2. The Bertz CT molecular complexity index is 2380. The average molecular weight is 527 g/mol. The van der Waals surface area contributed by atoms with Crippen LogP contribution in [0.25, 0.3) is 80.7 Å². The Labute approximate surface area is 234 Å². The number of imidazole rings is 1. The van der Waals surface area contributed by atoms with Crippen LogP contribution in [0.2, 0.25) is 0 Å². The maximum absolute atomic E-state index is 5.02. The van der Waals surface area contributed by atoms with Crippen molar-refractivity contribution in [1.29, 1.82) is 0 Å². The number of nitrogens with zero attached hydrogens (tertiary/aromatic N) is 2. The van der Waals surface area contributed by atoms with Crippen molar-refractivity contribution >= 4 is 69.7 Å². The molecule has 40 heavy (non-hydrogen) atoms. The number of hydrogen-bond donors (Lipinski definition) is 0. The maximum Gasteiger partial charge on any atom is 0.138 e. The van der Waals surface area contributed by atoms with Gasteiger partial charge in [0.15, 0.2) is 0 Å². The van der Waals surface area contributed by atoms with Crippen LogP contribution >= 0.6 is 11.3 Å². The van der Waals surface area contributed by atoms with Gasteiger partial charge in [-0.15, -0.1) is 11.3 Å². The summed E-state index contributed by atoms with van der Waals surface area (Å²) in [5.74, 6) is 0. The van der Waals surface area contributed by atoms with Crippen LogP contribution in [0, 0.1) is 0 Å². The number of thiophene rings is 1. The van der Waals surface area contributed by atoms with Crippen LogP contribution in [0.4, 0.5) is 0 Å². The molecule has 0 unspecified atom stereocenters. The summed E-state index contributed by atoms with van der Waals surface area (Å²) in [5.41, 5.74) is 7.09. The van der Waals surface area contributed by atoms with Crippen molar-refractivity contribution in [2.45, 2.75) is 0 Å². The molecule has 0 atom stereocenters. The standard InChI is InChI=1S/C37H22N2S/c1-2-12-25-23(10-1)11-9-18-26(25)35-29-15-5-3-13-27(29)34(28-14-4-6-16-30(28)35)24-20-21-33-38-36-31-17-7-8-19-32(31)40-37(36)39(33)22-24/h1-22H. The molecule has 0 spiro atoms. The van der Waals surface area contributed by atoms with Gasteiger partial charge in [-0.05, 0) is 72.8 Å². The third-order valence-electron chi connectivity index (χ3n) is 8.20. The monoisotopic (exact) mass is 526 g/mol.